The lowest BCUT2D eigenvalue weighted by Gasteiger charge is -2.06. The van der Waals surface area contributed by atoms with Crippen LogP contribution in [0.2, 0.25) is 5.02 Å². The summed E-state index contributed by atoms with van der Waals surface area (Å²) in [6.07, 6.45) is 0.607. The molecule has 0 saturated carbocycles. The first-order valence-corrected chi connectivity index (χ1v) is 4.31. The highest BCUT2D eigenvalue weighted by molar-refractivity contribution is 6.32. The lowest BCUT2D eigenvalue weighted by molar-refractivity contribution is 0.100. The van der Waals surface area contributed by atoms with E-state index in [-0.39, 0.29) is 5.78 Å². The molecule has 0 radical (unpaired) electrons. The van der Waals surface area contributed by atoms with Crippen molar-refractivity contribution in [3.8, 4) is 5.75 Å². The smallest absolute Gasteiger partial charge is 0.160 e. The van der Waals surface area contributed by atoms with E-state index in [9.17, 15) is 9.59 Å². The molecule has 14 heavy (non-hydrogen) atoms. The zero-order valence-electron chi connectivity index (χ0n) is 7.83. The van der Waals surface area contributed by atoms with Crippen LogP contribution in [-0.2, 0) is 0 Å². The van der Waals surface area contributed by atoms with Crippen molar-refractivity contribution in [2.24, 2.45) is 0 Å². The van der Waals surface area contributed by atoms with Gasteiger partial charge in [0.1, 0.15) is 5.75 Å². The number of rotatable bonds is 3. The molecule has 0 fully saturated rings. The minimum Gasteiger partial charge on any atom is -0.495 e. The van der Waals surface area contributed by atoms with Crippen molar-refractivity contribution >= 4 is 23.7 Å². The van der Waals surface area contributed by atoms with Gasteiger partial charge in [-0.1, -0.05) is 11.6 Å². The van der Waals surface area contributed by atoms with Gasteiger partial charge in [-0.15, -0.1) is 0 Å². The van der Waals surface area contributed by atoms with Gasteiger partial charge in [-0.25, -0.2) is 0 Å². The Balaban J connectivity index is 3.38. The molecule has 0 aromatic heterocycles. The highest BCUT2D eigenvalue weighted by Crippen LogP contribution is 2.27. The van der Waals surface area contributed by atoms with Crippen LogP contribution in [0.25, 0.3) is 0 Å². The summed E-state index contributed by atoms with van der Waals surface area (Å²) >= 11 is 5.81. The third-order valence-corrected chi connectivity index (χ3v) is 2.13. The molecule has 0 atom stereocenters. The summed E-state index contributed by atoms with van der Waals surface area (Å²) in [5.41, 5.74) is 0.601. The second-order valence-corrected chi connectivity index (χ2v) is 3.16. The average molecular weight is 213 g/mol. The molecule has 0 aliphatic carbocycles. The predicted molar refractivity (Wildman–Crippen MR) is 53.4 cm³/mol. The third-order valence-electron chi connectivity index (χ3n) is 1.83. The minimum absolute atomic E-state index is 0.198. The van der Waals surface area contributed by atoms with Gasteiger partial charge < -0.3 is 4.74 Å². The molecule has 0 aliphatic rings. The maximum Gasteiger partial charge on any atom is 0.160 e. The van der Waals surface area contributed by atoms with Gasteiger partial charge in [0.2, 0.25) is 0 Å². The molecular weight excluding hydrogens is 204 g/mol. The average Bonchev–Trinajstić information content (AvgIpc) is 2.17. The van der Waals surface area contributed by atoms with Crippen LogP contribution >= 0.6 is 11.6 Å². The van der Waals surface area contributed by atoms with Crippen LogP contribution in [0.1, 0.15) is 27.6 Å². The van der Waals surface area contributed by atoms with E-state index in [1.165, 1.54) is 26.2 Å². The number of halogens is 1. The van der Waals surface area contributed by atoms with E-state index in [1.54, 1.807) is 0 Å². The van der Waals surface area contributed by atoms with Crippen molar-refractivity contribution in [2.45, 2.75) is 6.92 Å². The molecule has 0 N–H and O–H groups in total. The fraction of sp³-hybridized carbons (Fsp3) is 0.200. The highest BCUT2D eigenvalue weighted by Gasteiger charge is 2.11. The van der Waals surface area contributed by atoms with Crippen LogP contribution in [-0.4, -0.2) is 19.2 Å². The molecule has 0 saturated heterocycles. The zero-order valence-corrected chi connectivity index (χ0v) is 8.59. The van der Waals surface area contributed by atoms with Crippen LogP contribution < -0.4 is 4.74 Å². The molecule has 3 nitrogen and oxygen atoms in total. The molecule has 4 heteroatoms. The first-order valence-electron chi connectivity index (χ1n) is 3.93. The van der Waals surface area contributed by atoms with Crippen molar-refractivity contribution in [2.75, 3.05) is 7.11 Å². The first-order chi connectivity index (χ1) is 6.60. The molecule has 0 aliphatic heterocycles. The van der Waals surface area contributed by atoms with Crippen LogP contribution in [0.4, 0.5) is 0 Å². The number of ketones is 1. The molecule has 0 heterocycles. The Kier molecular flexibility index (Phi) is 3.25. The number of hydrogen-bond acceptors (Lipinski definition) is 3. The Morgan fingerprint density at radius 2 is 2.14 bits per heavy atom. The highest BCUT2D eigenvalue weighted by atomic mass is 35.5. The molecule has 1 aromatic rings. The van der Waals surface area contributed by atoms with Gasteiger partial charge in [0.15, 0.2) is 12.1 Å². The topological polar surface area (TPSA) is 43.4 Å². The fourth-order valence-corrected chi connectivity index (χ4v) is 1.37. The second kappa shape index (κ2) is 4.24. The van der Waals surface area contributed by atoms with E-state index in [0.717, 1.165) is 0 Å². The van der Waals surface area contributed by atoms with Crippen molar-refractivity contribution in [3.05, 3.63) is 28.3 Å². The van der Waals surface area contributed by atoms with Crippen LogP contribution in [0, 0.1) is 0 Å². The number of carbonyl (C=O) groups is 2. The molecule has 0 amide bonds. The van der Waals surface area contributed by atoms with Gasteiger partial charge in [0, 0.05) is 11.1 Å². The Hall–Kier alpha value is -1.35. The van der Waals surface area contributed by atoms with E-state index in [4.69, 9.17) is 16.3 Å². The second-order valence-electron chi connectivity index (χ2n) is 2.75. The van der Waals surface area contributed by atoms with Crippen molar-refractivity contribution in [1.29, 1.82) is 0 Å². The van der Waals surface area contributed by atoms with Gasteiger partial charge >= 0.3 is 0 Å². The summed E-state index contributed by atoms with van der Waals surface area (Å²) in [7, 11) is 1.45. The number of aldehydes is 1. The lowest BCUT2D eigenvalue weighted by Crippen LogP contribution is -2.00. The van der Waals surface area contributed by atoms with Crippen molar-refractivity contribution in [3.63, 3.8) is 0 Å². The van der Waals surface area contributed by atoms with Crippen molar-refractivity contribution in [1.82, 2.24) is 0 Å². The summed E-state index contributed by atoms with van der Waals surface area (Å²) in [4.78, 5) is 21.8. The summed E-state index contributed by atoms with van der Waals surface area (Å²) in [5, 5.41) is 0.323. The maximum atomic E-state index is 11.1. The Labute approximate surface area is 86.6 Å². The lowest BCUT2D eigenvalue weighted by atomic mass is 10.1. The molecule has 74 valence electrons. The van der Waals surface area contributed by atoms with E-state index in [2.05, 4.69) is 0 Å². The van der Waals surface area contributed by atoms with E-state index in [0.29, 0.717) is 28.2 Å². The number of carbonyl (C=O) groups excluding carboxylic acids is 2. The van der Waals surface area contributed by atoms with Crippen molar-refractivity contribution < 1.29 is 14.3 Å². The molecule has 0 bridgehead atoms. The van der Waals surface area contributed by atoms with Gasteiger partial charge in [-0.05, 0) is 19.1 Å². The molecule has 0 spiro atoms. The summed E-state index contributed by atoms with van der Waals surface area (Å²) < 4.78 is 4.92. The van der Waals surface area contributed by atoms with Gasteiger partial charge in [0.25, 0.3) is 0 Å². The fourth-order valence-electron chi connectivity index (χ4n) is 1.13. The van der Waals surface area contributed by atoms with Gasteiger partial charge in [-0.2, -0.15) is 0 Å². The SMILES string of the molecule is COc1cc(C=O)c(C(C)=O)cc1Cl. The number of Topliss-reactive ketones (excluding diaryl/α,β-unsaturated/α-hetero) is 1. The number of methoxy groups -OCH3 is 1. The summed E-state index contributed by atoms with van der Waals surface area (Å²) in [5.74, 6) is 0.190. The first kappa shape index (κ1) is 10.7. The van der Waals surface area contributed by atoms with E-state index < -0.39 is 0 Å². The van der Waals surface area contributed by atoms with Crippen LogP contribution in [0.5, 0.6) is 5.75 Å². The minimum atomic E-state index is -0.198. The quantitative estimate of drug-likeness (QED) is 0.571. The molecule has 0 unspecified atom stereocenters. The number of benzene rings is 1. The Morgan fingerprint density at radius 1 is 1.50 bits per heavy atom. The van der Waals surface area contributed by atoms with Gasteiger partial charge in [-0.3, -0.25) is 9.59 Å². The van der Waals surface area contributed by atoms with Crippen LogP contribution in [0.15, 0.2) is 12.1 Å². The zero-order chi connectivity index (χ0) is 10.7. The predicted octanol–water partition coefficient (Wildman–Crippen LogP) is 2.36. The summed E-state index contributed by atoms with van der Waals surface area (Å²) in [6, 6.07) is 2.89. The van der Waals surface area contributed by atoms with E-state index in [1.807, 2.05) is 0 Å². The standard InChI is InChI=1S/C10H9ClO3/c1-6(13)8-4-9(11)10(14-2)3-7(8)5-12/h3-5H,1-2H3. The maximum absolute atomic E-state index is 11.1. The van der Waals surface area contributed by atoms with Crippen LogP contribution in [0.3, 0.4) is 0 Å². The third kappa shape index (κ3) is 1.93. The largest absolute Gasteiger partial charge is 0.495 e. The van der Waals surface area contributed by atoms with Gasteiger partial charge in [0.05, 0.1) is 12.1 Å². The monoisotopic (exact) mass is 212 g/mol. The normalized spacial score (nSPS) is 9.64. The number of ether oxygens (including phenoxy) is 1. The molecule has 1 rings (SSSR count). The molecular formula is C10H9ClO3. The Morgan fingerprint density at radius 3 is 2.57 bits per heavy atom. The summed E-state index contributed by atoms with van der Waals surface area (Å²) in [6.45, 7) is 1.38. The van der Waals surface area contributed by atoms with E-state index >= 15 is 0 Å². The Bertz CT molecular complexity index is 385. The molecule has 1 aromatic carbocycles. The number of hydrogen-bond donors (Lipinski definition) is 0.